The quantitative estimate of drug-likeness (QED) is 0.423. The predicted molar refractivity (Wildman–Crippen MR) is 119 cm³/mol. The van der Waals surface area contributed by atoms with E-state index in [2.05, 4.69) is 55.0 Å². The van der Waals surface area contributed by atoms with E-state index < -0.39 is 0 Å². The van der Waals surface area contributed by atoms with Crippen LogP contribution < -0.4 is 5.32 Å². The highest BCUT2D eigenvalue weighted by Gasteiger charge is 2.31. The summed E-state index contributed by atoms with van der Waals surface area (Å²) in [5.41, 5.74) is 4.93. The molecule has 1 N–H and O–H groups in total. The molecule has 1 aliphatic rings. The lowest BCUT2D eigenvalue weighted by molar-refractivity contribution is 0.370. The molecule has 0 saturated carbocycles. The van der Waals surface area contributed by atoms with Crippen molar-refractivity contribution in [1.29, 1.82) is 0 Å². The molecule has 0 radical (unpaired) electrons. The molecule has 142 valence electrons. The zero-order valence-corrected chi connectivity index (χ0v) is 18.7. The lowest BCUT2D eigenvalue weighted by Crippen LogP contribution is -2.40. The number of nitrogens with zero attached hydrogens (tertiary/aromatic N) is 4. The Balaban J connectivity index is 0.00000243. The van der Waals surface area contributed by atoms with Crippen LogP contribution in [0.25, 0.3) is 5.69 Å². The lowest BCUT2D eigenvalue weighted by atomic mass is 9.93. The summed E-state index contributed by atoms with van der Waals surface area (Å²) in [6, 6.07) is 10.3. The molecule has 1 aromatic heterocycles. The van der Waals surface area contributed by atoms with E-state index in [0.29, 0.717) is 5.41 Å². The number of aryl methyl sites for hydroxylation is 1. The van der Waals surface area contributed by atoms with Gasteiger partial charge >= 0.3 is 0 Å². The molecule has 6 heteroatoms. The molecule has 0 amide bonds. The summed E-state index contributed by atoms with van der Waals surface area (Å²) in [6.45, 7) is 11.7. The molecule has 1 fully saturated rings. The maximum atomic E-state index is 4.73. The van der Waals surface area contributed by atoms with Crippen molar-refractivity contribution in [3.63, 3.8) is 0 Å². The van der Waals surface area contributed by atoms with Gasteiger partial charge in [0, 0.05) is 37.9 Å². The predicted octanol–water partition coefficient (Wildman–Crippen LogP) is 3.91. The SMILES string of the molecule is CN=C(NCc1c(C)nn(-c2ccccc2)c1C)N1CCC(C)(C)C1.I. The van der Waals surface area contributed by atoms with E-state index in [1.807, 2.05) is 29.9 Å². The van der Waals surface area contributed by atoms with Gasteiger partial charge in [-0.2, -0.15) is 5.10 Å². The zero-order valence-electron chi connectivity index (χ0n) is 16.4. The van der Waals surface area contributed by atoms with E-state index in [1.165, 1.54) is 17.7 Å². The van der Waals surface area contributed by atoms with Crippen LogP contribution in [0.3, 0.4) is 0 Å². The van der Waals surface area contributed by atoms with Crippen LogP contribution in [0, 0.1) is 19.3 Å². The fourth-order valence-corrected chi connectivity index (χ4v) is 3.54. The molecule has 1 aromatic carbocycles. The number of hydrogen-bond acceptors (Lipinski definition) is 2. The molecule has 1 aliphatic heterocycles. The molecule has 0 atom stereocenters. The highest BCUT2D eigenvalue weighted by Crippen LogP contribution is 2.28. The van der Waals surface area contributed by atoms with E-state index in [4.69, 9.17) is 5.10 Å². The van der Waals surface area contributed by atoms with Gasteiger partial charge in [0.1, 0.15) is 0 Å². The summed E-state index contributed by atoms with van der Waals surface area (Å²) in [5, 5.41) is 8.26. The topological polar surface area (TPSA) is 45.5 Å². The minimum absolute atomic E-state index is 0. The summed E-state index contributed by atoms with van der Waals surface area (Å²) in [5.74, 6) is 0.983. The Kier molecular flexibility index (Phi) is 6.71. The third-order valence-corrected chi connectivity index (χ3v) is 5.05. The summed E-state index contributed by atoms with van der Waals surface area (Å²) < 4.78 is 2.02. The number of para-hydroxylation sites is 1. The van der Waals surface area contributed by atoms with Crippen LogP contribution in [-0.4, -0.2) is 40.8 Å². The highest BCUT2D eigenvalue weighted by atomic mass is 127. The van der Waals surface area contributed by atoms with Crippen molar-refractivity contribution < 1.29 is 0 Å². The number of aliphatic imine (C=N–C) groups is 1. The van der Waals surface area contributed by atoms with Gasteiger partial charge in [-0.15, -0.1) is 24.0 Å². The minimum atomic E-state index is 0. The van der Waals surface area contributed by atoms with Gasteiger partial charge in [0.2, 0.25) is 0 Å². The third kappa shape index (κ3) is 4.39. The van der Waals surface area contributed by atoms with Gasteiger partial charge in [-0.1, -0.05) is 32.0 Å². The van der Waals surface area contributed by atoms with Gasteiger partial charge in [0.25, 0.3) is 0 Å². The number of benzene rings is 1. The van der Waals surface area contributed by atoms with Crippen LogP contribution in [0.4, 0.5) is 0 Å². The minimum Gasteiger partial charge on any atom is -0.352 e. The molecule has 0 unspecified atom stereocenters. The number of guanidine groups is 1. The number of rotatable bonds is 3. The van der Waals surface area contributed by atoms with Crippen molar-refractivity contribution in [2.24, 2.45) is 10.4 Å². The summed E-state index contributed by atoms with van der Waals surface area (Å²) in [6.07, 6.45) is 1.21. The first-order chi connectivity index (χ1) is 11.9. The van der Waals surface area contributed by atoms with Crippen molar-refractivity contribution >= 4 is 29.9 Å². The van der Waals surface area contributed by atoms with E-state index in [1.54, 1.807) is 0 Å². The maximum Gasteiger partial charge on any atom is 0.193 e. The molecule has 2 heterocycles. The Morgan fingerprint density at radius 3 is 2.50 bits per heavy atom. The van der Waals surface area contributed by atoms with Gasteiger partial charge in [-0.25, -0.2) is 4.68 Å². The molecule has 2 aromatic rings. The van der Waals surface area contributed by atoms with Gasteiger partial charge < -0.3 is 10.2 Å². The monoisotopic (exact) mass is 467 g/mol. The molecule has 1 saturated heterocycles. The van der Waals surface area contributed by atoms with Crippen molar-refractivity contribution in [2.75, 3.05) is 20.1 Å². The van der Waals surface area contributed by atoms with Crippen molar-refractivity contribution in [3.8, 4) is 5.69 Å². The maximum absolute atomic E-state index is 4.73. The van der Waals surface area contributed by atoms with Gasteiger partial charge in [0.05, 0.1) is 11.4 Å². The first-order valence-corrected chi connectivity index (χ1v) is 8.97. The average Bonchev–Trinajstić information content (AvgIpc) is 3.09. The summed E-state index contributed by atoms with van der Waals surface area (Å²) in [7, 11) is 1.86. The van der Waals surface area contributed by atoms with E-state index in [0.717, 1.165) is 37.0 Å². The smallest absolute Gasteiger partial charge is 0.193 e. The van der Waals surface area contributed by atoms with E-state index in [9.17, 15) is 0 Å². The van der Waals surface area contributed by atoms with Crippen LogP contribution in [0.5, 0.6) is 0 Å². The van der Waals surface area contributed by atoms with Gasteiger partial charge in [-0.3, -0.25) is 4.99 Å². The second-order valence-corrected chi connectivity index (χ2v) is 7.63. The number of likely N-dealkylation sites (tertiary alicyclic amines) is 1. The Bertz CT molecular complexity index is 764. The van der Waals surface area contributed by atoms with Crippen LogP contribution in [0.2, 0.25) is 0 Å². The van der Waals surface area contributed by atoms with Crippen molar-refractivity contribution in [3.05, 3.63) is 47.3 Å². The highest BCUT2D eigenvalue weighted by molar-refractivity contribution is 14.0. The third-order valence-electron chi connectivity index (χ3n) is 5.05. The van der Waals surface area contributed by atoms with Crippen LogP contribution in [0.1, 0.15) is 37.2 Å². The molecule has 0 spiro atoms. The Morgan fingerprint density at radius 1 is 1.23 bits per heavy atom. The number of nitrogens with one attached hydrogen (secondary N) is 1. The molecule has 26 heavy (non-hydrogen) atoms. The summed E-state index contributed by atoms with van der Waals surface area (Å²) >= 11 is 0. The molecular weight excluding hydrogens is 437 g/mol. The van der Waals surface area contributed by atoms with E-state index >= 15 is 0 Å². The van der Waals surface area contributed by atoms with Gasteiger partial charge in [-0.05, 0) is 37.8 Å². The van der Waals surface area contributed by atoms with Crippen molar-refractivity contribution in [1.82, 2.24) is 20.0 Å². The van der Waals surface area contributed by atoms with Crippen LogP contribution >= 0.6 is 24.0 Å². The van der Waals surface area contributed by atoms with Crippen LogP contribution in [0.15, 0.2) is 35.3 Å². The lowest BCUT2D eigenvalue weighted by Gasteiger charge is -2.23. The Hall–Kier alpha value is -1.57. The van der Waals surface area contributed by atoms with E-state index in [-0.39, 0.29) is 24.0 Å². The molecule has 5 nitrogen and oxygen atoms in total. The first-order valence-electron chi connectivity index (χ1n) is 8.97. The van der Waals surface area contributed by atoms with Crippen molar-refractivity contribution in [2.45, 2.75) is 40.7 Å². The fraction of sp³-hybridized carbons (Fsp3) is 0.500. The largest absolute Gasteiger partial charge is 0.352 e. The standard InChI is InChI=1S/C20H29N5.HI/c1-15-18(16(2)25(23-15)17-9-7-6-8-10-17)13-22-19(21-5)24-12-11-20(3,4)14-24;/h6-10H,11-14H2,1-5H3,(H,21,22);1H. The Labute approximate surface area is 173 Å². The summed E-state index contributed by atoms with van der Waals surface area (Å²) in [4.78, 5) is 6.83. The molecule has 0 aliphatic carbocycles. The van der Waals surface area contributed by atoms with Gasteiger partial charge in [0.15, 0.2) is 5.96 Å². The first kappa shape index (κ1) is 20.7. The zero-order chi connectivity index (χ0) is 18.0. The molecular formula is C20H30IN5. The second-order valence-electron chi connectivity index (χ2n) is 7.63. The Morgan fingerprint density at radius 2 is 1.92 bits per heavy atom. The molecule has 3 rings (SSSR count). The number of halogens is 1. The van der Waals surface area contributed by atoms with Crippen LogP contribution in [-0.2, 0) is 6.54 Å². The second kappa shape index (κ2) is 8.41. The molecule has 0 bridgehead atoms. The number of hydrogen-bond donors (Lipinski definition) is 1. The average molecular weight is 467 g/mol. The number of aromatic nitrogens is 2. The fourth-order valence-electron chi connectivity index (χ4n) is 3.54. The normalized spacial score (nSPS) is 16.5.